The van der Waals surface area contributed by atoms with E-state index in [9.17, 15) is 4.39 Å². The van der Waals surface area contributed by atoms with E-state index in [0.717, 1.165) is 4.88 Å². The molecule has 0 aliphatic heterocycles. The first kappa shape index (κ1) is 13.3. The summed E-state index contributed by atoms with van der Waals surface area (Å²) in [6.07, 6.45) is 0. The van der Waals surface area contributed by atoms with E-state index < -0.39 is 5.82 Å². The Morgan fingerprint density at radius 3 is 2.95 bits per heavy atom. The normalized spacial score (nSPS) is 10.5. The van der Waals surface area contributed by atoms with E-state index in [1.807, 2.05) is 13.0 Å². The molecule has 0 amide bonds. The molecule has 2 heterocycles. The highest BCUT2D eigenvalue weighted by atomic mass is 32.1. The fourth-order valence-electron chi connectivity index (χ4n) is 1.91. The third kappa shape index (κ3) is 2.37. The lowest BCUT2D eigenvalue weighted by atomic mass is 10.2. The quantitative estimate of drug-likeness (QED) is 0.784. The SMILES string of the molecule is Cc1cc2c(Oc3cccc(F)c3C#N)nc(N)nc2s1. The first-order chi connectivity index (χ1) is 10.1. The number of benzene rings is 1. The minimum absolute atomic E-state index is 0.0641. The molecule has 0 bridgehead atoms. The average Bonchev–Trinajstić information content (AvgIpc) is 2.79. The van der Waals surface area contributed by atoms with Crippen molar-refractivity contribution in [2.45, 2.75) is 6.92 Å². The number of ether oxygens (including phenoxy) is 1. The van der Waals surface area contributed by atoms with Crippen molar-refractivity contribution in [3.8, 4) is 17.7 Å². The lowest BCUT2D eigenvalue weighted by Crippen LogP contribution is -1.98. The summed E-state index contributed by atoms with van der Waals surface area (Å²) in [5, 5.41) is 9.70. The molecule has 0 saturated carbocycles. The van der Waals surface area contributed by atoms with Crippen molar-refractivity contribution in [1.29, 1.82) is 5.26 Å². The van der Waals surface area contributed by atoms with Crippen LogP contribution in [0.5, 0.6) is 11.6 Å². The molecule has 2 aromatic heterocycles. The Morgan fingerprint density at radius 1 is 1.38 bits per heavy atom. The van der Waals surface area contributed by atoms with Crippen molar-refractivity contribution in [1.82, 2.24) is 9.97 Å². The number of rotatable bonds is 2. The Bertz CT molecular complexity index is 885. The zero-order valence-electron chi connectivity index (χ0n) is 10.9. The molecule has 21 heavy (non-hydrogen) atoms. The summed E-state index contributed by atoms with van der Waals surface area (Å²) in [5.41, 5.74) is 5.48. The number of halogens is 1. The van der Waals surface area contributed by atoms with Gasteiger partial charge in [0.2, 0.25) is 11.8 Å². The molecular formula is C14H9FN4OS. The van der Waals surface area contributed by atoms with Crippen LogP contribution in [0, 0.1) is 24.1 Å². The molecule has 0 unspecified atom stereocenters. The number of nitrogen functional groups attached to an aromatic ring is 1. The van der Waals surface area contributed by atoms with E-state index in [2.05, 4.69) is 9.97 Å². The second-order valence-electron chi connectivity index (χ2n) is 4.29. The molecule has 0 aliphatic carbocycles. The van der Waals surface area contributed by atoms with Crippen LogP contribution in [0.4, 0.5) is 10.3 Å². The highest BCUT2D eigenvalue weighted by molar-refractivity contribution is 7.18. The molecular weight excluding hydrogens is 291 g/mol. The molecule has 0 atom stereocenters. The maximum absolute atomic E-state index is 13.6. The fraction of sp³-hybridized carbons (Fsp3) is 0.0714. The topological polar surface area (TPSA) is 84.8 Å². The maximum atomic E-state index is 13.6. The van der Waals surface area contributed by atoms with Crippen LogP contribution in [0.1, 0.15) is 10.4 Å². The van der Waals surface area contributed by atoms with Crippen LogP contribution in [-0.2, 0) is 0 Å². The second-order valence-corrected chi connectivity index (χ2v) is 5.52. The summed E-state index contributed by atoms with van der Waals surface area (Å²) in [4.78, 5) is 9.87. The predicted molar refractivity (Wildman–Crippen MR) is 77.8 cm³/mol. The van der Waals surface area contributed by atoms with Crippen molar-refractivity contribution in [3.63, 3.8) is 0 Å². The Labute approximate surface area is 123 Å². The van der Waals surface area contributed by atoms with Gasteiger partial charge in [0.05, 0.1) is 5.39 Å². The van der Waals surface area contributed by atoms with Gasteiger partial charge < -0.3 is 10.5 Å². The monoisotopic (exact) mass is 300 g/mol. The number of nitrogens with zero attached hydrogens (tertiary/aromatic N) is 3. The van der Waals surface area contributed by atoms with Crippen molar-refractivity contribution in [2.75, 3.05) is 5.73 Å². The van der Waals surface area contributed by atoms with Gasteiger partial charge in [-0.15, -0.1) is 11.3 Å². The molecule has 3 rings (SSSR count). The van der Waals surface area contributed by atoms with Gasteiger partial charge in [0, 0.05) is 4.88 Å². The highest BCUT2D eigenvalue weighted by Crippen LogP contribution is 2.34. The van der Waals surface area contributed by atoms with Gasteiger partial charge in [-0.1, -0.05) is 6.07 Å². The van der Waals surface area contributed by atoms with Crippen molar-refractivity contribution < 1.29 is 9.13 Å². The van der Waals surface area contributed by atoms with Crippen molar-refractivity contribution in [2.24, 2.45) is 0 Å². The fourth-order valence-corrected chi connectivity index (χ4v) is 2.79. The summed E-state index contributed by atoms with van der Waals surface area (Å²) < 4.78 is 19.2. The molecule has 0 spiro atoms. The van der Waals surface area contributed by atoms with Gasteiger partial charge in [-0.3, -0.25) is 0 Å². The lowest BCUT2D eigenvalue weighted by Gasteiger charge is -2.08. The number of nitrogens with two attached hydrogens (primary N) is 1. The van der Waals surface area contributed by atoms with E-state index in [-0.39, 0.29) is 23.1 Å². The third-order valence-electron chi connectivity index (χ3n) is 2.79. The van der Waals surface area contributed by atoms with Gasteiger partial charge in [0.1, 0.15) is 28.0 Å². The zero-order valence-corrected chi connectivity index (χ0v) is 11.7. The summed E-state index contributed by atoms with van der Waals surface area (Å²) in [7, 11) is 0. The first-order valence-electron chi connectivity index (χ1n) is 5.98. The predicted octanol–water partition coefficient (Wildman–Crippen LogP) is 3.39. The van der Waals surface area contributed by atoms with Crippen LogP contribution in [0.2, 0.25) is 0 Å². The van der Waals surface area contributed by atoms with Crippen LogP contribution in [0.25, 0.3) is 10.2 Å². The molecule has 2 N–H and O–H groups in total. The summed E-state index contributed by atoms with van der Waals surface area (Å²) >= 11 is 1.45. The lowest BCUT2D eigenvalue weighted by molar-refractivity contribution is 0.462. The number of hydrogen-bond acceptors (Lipinski definition) is 6. The first-order valence-corrected chi connectivity index (χ1v) is 6.80. The standard InChI is InChI=1S/C14H9FN4OS/c1-7-5-8-12(18-14(17)19-13(8)21-7)20-11-4-2-3-10(15)9(11)6-16/h2-5H,1H3,(H2,17,18,19). The van der Waals surface area contributed by atoms with Gasteiger partial charge in [0.25, 0.3) is 0 Å². The molecule has 0 aliphatic rings. The highest BCUT2D eigenvalue weighted by Gasteiger charge is 2.15. The largest absolute Gasteiger partial charge is 0.437 e. The van der Waals surface area contributed by atoms with E-state index >= 15 is 0 Å². The molecule has 0 fully saturated rings. The summed E-state index contributed by atoms with van der Waals surface area (Å²) in [5.74, 6) is -0.270. The van der Waals surface area contributed by atoms with E-state index in [0.29, 0.717) is 10.2 Å². The Balaban J connectivity index is 2.15. The summed E-state index contributed by atoms with van der Waals surface area (Å²) in [6.45, 7) is 1.93. The molecule has 104 valence electrons. The number of aryl methyl sites for hydroxylation is 1. The van der Waals surface area contributed by atoms with Crippen LogP contribution in [-0.4, -0.2) is 9.97 Å². The van der Waals surface area contributed by atoms with Crippen LogP contribution < -0.4 is 10.5 Å². The Kier molecular flexibility index (Phi) is 3.16. The van der Waals surface area contributed by atoms with Crippen molar-refractivity contribution >= 4 is 27.5 Å². The van der Waals surface area contributed by atoms with E-state index in [4.69, 9.17) is 15.7 Å². The molecule has 7 heteroatoms. The number of nitriles is 1. The number of fused-ring (bicyclic) bond motifs is 1. The molecule has 0 saturated heterocycles. The maximum Gasteiger partial charge on any atom is 0.232 e. The van der Waals surface area contributed by atoms with Gasteiger partial charge in [-0.05, 0) is 25.1 Å². The molecule has 3 aromatic rings. The van der Waals surface area contributed by atoms with Gasteiger partial charge in [-0.25, -0.2) is 9.37 Å². The van der Waals surface area contributed by atoms with Gasteiger partial charge in [-0.2, -0.15) is 10.2 Å². The van der Waals surface area contributed by atoms with Crippen LogP contribution >= 0.6 is 11.3 Å². The number of aromatic nitrogens is 2. The number of thiophene rings is 1. The molecule has 5 nitrogen and oxygen atoms in total. The zero-order chi connectivity index (χ0) is 15.0. The minimum atomic E-state index is -0.644. The Hall–Kier alpha value is -2.72. The van der Waals surface area contributed by atoms with Crippen molar-refractivity contribution in [3.05, 3.63) is 40.5 Å². The van der Waals surface area contributed by atoms with Crippen LogP contribution in [0.3, 0.4) is 0 Å². The Morgan fingerprint density at radius 2 is 2.19 bits per heavy atom. The van der Waals surface area contributed by atoms with Crippen LogP contribution in [0.15, 0.2) is 24.3 Å². The smallest absolute Gasteiger partial charge is 0.232 e. The third-order valence-corrected chi connectivity index (χ3v) is 3.74. The summed E-state index contributed by atoms with van der Waals surface area (Å²) in [6, 6.07) is 7.81. The van der Waals surface area contributed by atoms with Gasteiger partial charge in [0.15, 0.2) is 0 Å². The number of anilines is 1. The van der Waals surface area contributed by atoms with E-state index in [1.54, 1.807) is 6.07 Å². The van der Waals surface area contributed by atoms with Gasteiger partial charge >= 0.3 is 0 Å². The molecule has 1 aromatic carbocycles. The number of hydrogen-bond donors (Lipinski definition) is 1. The second kappa shape index (κ2) is 5.00. The molecule has 0 radical (unpaired) electrons. The average molecular weight is 300 g/mol. The van der Waals surface area contributed by atoms with E-state index in [1.165, 1.54) is 29.5 Å². The minimum Gasteiger partial charge on any atom is -0.437 e.